The summed E-state index contributed by atoms with van der Waals surface area (Å²) in [5, 5.41) is 6.43. The molecule has 1 aliphatic carbocycles. The molecule has 2 aromatic rings. The fraction of sp³-hybridized carbons (Fsp3) is 0.571. The van der Waals surface area contributed by atoms with E-state index in [0.29, 0.717) is 18.0 Å². The van der Waals surface area contributed by atoms with Gasteiger partial charge in [0.05, 0.1) is 19.0 Å². The number of aromatic nitrogens is 1. The van der Waals surface area contributed by atoms with Gasteiger partial charge in [-0.15, -0.1) is 11.6 Å². The van der Waals surface area contributed by atoms with Gasteiger partial charge in [-0.3, -0.25) is 19.2 Å². The summed E-state index contributed by atoms with van der Waals surface area (Å²) in [6, 6.07) is 4.81. The second-order valence-electron chi connectivity index (χ2n) is 12.1. The monoisotopic (exact) mass is 544 g/mol. The van der Waals surface area contributed by atoms with Gasteiger partial charge in [0.1, 0.15) is 23.5 Å². The zero-order chi connectivity index (χ0) is 28.2. The van der Waals surface area contributed by atoms with E-state index in [0.717, 1.165) is 10.9 Å². The summed E-state index contributed by atoms with van der Waals surface area (Å²) in [7, 11) is 1.57. The third-order valence-corrected chi connectivity index (χ3v) is 8.47. The quantitative estimate of drug-likeness (QED) is 0.441. The van der Waals surface area contributed by atoms with Crippen molar-refractivity contribution in [1.82, 2.24) is 20.5 Å². The molecule has 4 rings (SSSR count). The molecule has 2 fully saturated rings. The second-order valence-corrected chi connectivity index (χ2v) is 12.4. The van der Waals surface area contributed by atoms with Crippen LogP contribution in [0.2, 0.25) is 0 Å². The summed E-state index contributed by atoms with van der Waals surface area (Å²) >= 11 is 5.67. The standard InChI is InChI=1S/C28H37ClN4O5/c1-14(19(34)12-29)30-25(36)22-21-16(28(21,5)6)13-33(22)26(37)23(27(2,3)4)32-24(35)18-11-15-17(31-18)9-8-10-20(15)38-7/h8-11,14,16,21-23,31H,12-13H2,1-7H3,(H,30,36)(H,32,35)/t14?,16-,21-,22-,23+/m0/s1. The molecule has 1 saturated carbocycles. The number of aromatic amines is 1. The predicted molar refractivity (Wildman–Crippen MR) is 145 cm³/mol. The van der Waals surface area contributed by atoms with Crippen LogP contribution in [0.4, 0.5) is 0 Å². The molecule has 1 saturated heterocycles. The van der Waals surface area contributed by atoms with Gasteiger partial charge in [0.25, 0.3) is 5.91 Å². The van der Waals surface area contributed by atoms with Crippen LogP contribution < -0.4 is 15.4 Å². The molecule has 206 valence electrons. The normalized spacial score (nSPS) is 23.4. The number of halogens is 1. The van der Waals surface area contributed by atoms with Crippen LogP contribution in [0.15, 0.2) is 24.3 Å². The van der Waals surface area contributed by atoms with Crippen molar-refractivity contribution < 1.29 is 23.9 Å². The number of carbonyl (C=O) groups is 4. The first-order valence-electron chi connectivity index (χ1n) is 12.9. The van der Waals surface area contributed by atoms with Gasteiger partial charge in [-0.25, -0.2) is 0 Å². The summed E-state index contributed by atoms with van der Waals surface area (Å²) in [6.07, 6.45) is 0. The van der Waals surface area contributed by atoms with Crippen LogP contribution >= 0.6 is 11.6 Å². The largest absolute Gasteiger partial charge is 0.496 e. The van der Waals surface area contributed by atoms with E-state index in [-0.39, 0.29) is 40.7 Å². The molecule has 1 aromatic carbocycles. The molecule has 3 amide bonds. The minimum atomic E-state index is -0.888. The number of carbonyl (C=O) groups excluding carboxylic acids is 4. The molecule has 2 heterocycles. The topological polar surface area (TPSA) is 121 Å². The zero-order valence-electron chi connectivity index (χ0n) is 23.0. The molecule has 3 N–H and O–H groups in total. The highest BCUT2D eigenvalue weighted by atomic mass is 35.5. The lowest BCUT2D eigenvalue weighted by Gasteiger charge is -2.37. The number of alkyl halides is 1. The van der Waals surface area contributed by atoms with Gasteiger partial charge >= 0.3 is 0 Å². The van der Waals surface area contributed by atoms with E-state index in [1.165, 1.54) is 0 Å². The fourth-order valence-corrected chi connectivity index (χ4v) is 5.99. The Morgan fingerprint density at radius 1 is 1.21 bits per heavy atom. The van der Waals surface area contributed by atoms with E-state index in [4.69, 9.17) is 16.3 Å². The number of nitrogens with one attached hydrogen (secondary N) is 3. The second kappa shape index (κ2) is 9.91. The smallest absolute Gasteiger partial charge is 0.268 e. The Labute approximate surface area is 228 Å². The highest BCUT2D eigenvalue weighted by Gasteiger charge is 2.69. The molecular formula is C28H37ClN4O5. The highest BCUT2D eigenvalue weighted by molar-refractivity contribution is 6.28. The summed E-state index contributed by atoms with van der Waals surface area (Å²) in [5.41, 5.74) is 0.316. The maximum absolute atomic E-state index is 14.0. The molecule has 1 aromatic heterocycles. The lowest BCUT2D eigenvalue weighted by molar-refractivity contribution is -0.144. The Morgan fingerprint density at radius 2 is 1.89 bits per heavy atom. The molecule has 38 heavy (non-hydrogen) atoms. The van der Waals surface area contributed by atoms with Gasteiger partial charge in [0.2, 0.25) is 11.8 Å². The molecule has 1 aliphatic heterocycles. The van der Waals surface area contributed by atoms with Crippen molar-refractivity contribution in [2.75, 3.05) is 19.5 Å². The Hall–Kier alpha value is -3.07. The highest BCUT2D eigenvalue weighted by Crippen LogP contribution is 2.65. The minimum absolute atomic E-state index is 0.0257. The van der Waals surface area contributed by atoms with Crippen LogP contribution in [-0.2, 0) is 14.4 Å². The lowest BCUT2D eigenvalue weighted by Crippen LogP contribution is -2.60. The van der Waals surface area contributed by atoms with E-state index < -0.39 is 29.4 Å². The van der Waals surface area contributed by atoms with Crippen molar-refractivity contribution in [1.29, 1.82) is 0 Å². The summed E-state index contributed by atoms with van der Waals surface area (Å²) in [4.78, 5) is 57.4. The first-order chi connectivity index (χ1) is 17.7. The summed E-state index contributed by atoms with van der Waals surface area (Å²) in [5.74, 6) is -0.842. The molecule has 1 unspecified atom stereocenters. The Balaban J connectivity index is 1.59. The van der Waals surface area contributed by atoms with Crippen molar-refractivity contribution in [2.45, 2.75) is 59.7 Å². The zero-order valence-corrected chi connectivity index (χ0v) is 23.7. The van der Waals surface area contributed by atoms with Crippen molar-refractivity contribution in [3.63, 3.8) is 0 Å². The van der Waals surface area contributed by atoms with Gasteiger partial charge in [-0.05, 0) is 47.8 Å². The number of piperidine rings is 1. The number of hydrogen-bond donors (Lipinski definition) is 3. The molecule has 10 heteroatoms. The summed E-state index contributed by atoms with van der Waals surface area (Å²) in [6.45, 7) is 11.8. The number of Topliss-reactive ketones (excluding diaryl/α,β-unsaturated/α-hetero) is 1. The maximum Gasteiger partial charge on any atom is 0.268 e. The lowest BCUT2D eigenvalue weighted by atomic mass is 9.85. The fourth-order valence-electron chi connectivity index (χ4n) is 5.76. The van der Waals surface area contributed by atoms with Crippen LogP contribution in [-0.4, -0.2) is 71.0 Å². The SMILES string of the molecule is COc1cccc2[nH]c(C(=O)N[C@H](C(=O)N3C[C@H]4[C@@H]([C@H]3C(=O)NC(C)C(=O)CCl)C4(C)C)C(C)(C)C)cc12. The minimum Gasteiger partial charge on any atom is -0.496 e. The Morgan fingerprint density at radius 3 is 2.50 bits per heavy atom. The van der Waals surface area contributed by atoms with E-state index in [1.807, 2.05) is 39.0 Å². The number of hydrogen-bond acceptors (Lipinski definition) is 5. The van der Waals surface area contributed by atoms with Crippen molar-refractivity contribution in [3.05, 3.63) is 30.0 Å². The number of ether oxygens (including phenoxy) is 1. The number of methoxy groups -OCH3 is 1. The van der Waals surface area contributed by atoms with Crippen LogP contribution in [0.5, 0.6) is 5.75 Å². The number of benzene rings is 1. The maximum atomic E-state index is 14.0. The third-order valence-electron chi connectivity index (χ3n) is 8.21. The summed E-state index contributed by atoms with van der Waals surface area (Å²) < 4.78 is 5.40. The van der Waals surface area contributed by atoms with Crippen molar-refractivity contribution >= 4 is 46.0 Å². The Kier molecular flexibility index (Phi) is 7.29. The van der Waals surface area contributed by atoms with Gasteiger partial charge in [-0.2, -0.15) is 0 Å². The first-order valence-corrected chi connectivity index (χ1v) is 13.4. The van der Waals surface area contributed by atoms with Gasteiger partial charge in [0.15, 0.2) is 5.78 Å². The first kappa shape index (κ1) is 28.0. The van der Waals surface area contributed by atoms with Crippen LogP contribution in [0.1, 0.15) is 52.0 Å². The van der Waals surface area contributed by atoms with Crippen LogP contribution in [0.3, 0.4) is 0 Å². The number of rotatable bonds is 8. The number of likely N-dealkylation sites (tertiary alicyclic amines) is 1. The molecule has 0 radical (unpaired) electrons. The number of ketones is 1. The average molecular weight is 545 g/mol. The van der Waals surface area contributed by atoms with Gasteiger partial charge < -0.3 is 25.3 Å². The number of nitrogens with zero attached hydrogens (tertiary/aromatic N) is 1. The van der Waals surface area contributed by atoms with E-state index >= 15 is 0 Å². The van der Waals surface area contributed by atoms with E-state index in [1.54, 1.807) is 25.0 Å². The Bertz CT molecular complexity index is 1280. The van der Waals surface area contributed by atoms with Gasteiger partial charge in [-0.1, -0.05) is 40.7 Å². The molecule has 0 bridgehead atoms. The van der Waals surface area contributed by atoms with Gasteiger partial charge in [0, 0.05) is 17.4 Å². The van der Waals surface area contributed by atoms with Crippen molar-refractivity contribution in [3.8, 4) is 5.75 Å². The average Bonchev–Trinajstić information content (AvgIpc) is 3.25. The molecular weight excluding hydrogens is 508 g/mol. The number of H-pyrrole nitrogens is 1. The molecule has 2 aliphatic rings. The number of amides is 3. The third kappa shape index (κ3) is 4.88. The van der Waals surface area contributed by atoms with Crippen LogP contribution in [0, 0.1) is 22.7 Å². The van der Waals surface area contributed by atoms with E-state index in [2.05, 4.69) is 29.5 Å². The van der Waals surface area contributed by atoms with E-state index in [9.17, 15) is 19.2 Å². The molecule has 9 nitrogen and oxygen atoms in total. The molecule has 0 spiro atoms. The van der Waals surface area contributed by atoms with Crippen molar-refractivity contribution in [2.24, 2.45) is 22.7 Å². The molecule has 5 atom stereocenters. The van der Waals surface area contributed by atoms with Crippen LogP contribution in [0.25, 0.3) is 10.9 Å². The number of fused-ring (bicyclic) bond motifs is 2. The predicted octanol–water partition coefficient (Wildman–Crippen LogP) is 3.12.